The second kappa shape index (κ2) is 9.14. The zero-order valence-corrected chi connectivity index (χ0v) is 16.4. The molecule has 0 aliphatic rings. The van der Waals surface area contributed by atoms with Gasteiger partial charge in [-0.2, -0.15) is 0 Å². The number of esters is 1. The first-order valence-electron chi connectivity index (χ1n) is 8.66. The van der Waals surface area contributed by atoms with Crippen LogP contribution in [-0.2, 0) is 16.0 Å². The maximum absolute atomic E-state index is 12.2. The van der Waals surface area contributed by atoms with Gasteiger partial charge in [0.1, 0.15) is 10.8 Å². The first kappa shape index (κ1) is 19.6. The number of aromatic nitrogens is 1. The number of hydrogen-bond acceptors (Lipinski definition) is 6. The van der Waals surface area contributed by atoms with E-state index in [0.29, 0.717) is 24.1 Å². The quantitative estimate of drug-likeness (QED) is 0.606. The van der Waals surface area contributed by atoms with Crippen LogP contribution in [0.3, 0.4) is 0 Å². The number of ether oxygens (including phenoxy) is 2. The Morgan fingerprint density at radius 1 is 1.11 bits per heavy atom. The van der Waals surface area contributed by atoms with Crippen molar-refractivity contribution in [2.45, 2.75) is 12.8 Å². The largest absolute Gasteiger partial charge is 0.497 e. The lowest BCUT2D eigenvalue weighted by molar-refractivity contribution is -0.116. The van der Waals surface area contributed by atoms with Crippen LogP contribution < -0.4 is 10.1 Å². The molecule has 0 radical (unpaired) electrons. The van der Waals surface area contributed by atoms with E-state index in [4.69, 9.17) is 4.74 Å². The molecule has 1 amide bonds. The summed E-state index contributed by atoms with van der Waals surface area (Å²) in [5.74, 6) is 0.266. The molecule has 1 heterocycles. The molecule has 3 aromatic rings. The summed E-state index contributed by atoms with van der Waals surface area (Å²) in [7, 11) is 2.96. The molecule has 0 spiro atoms. The molecular weight excluding hydrogens is 376 g/mol. The molecular formula is C21H20N2O4S. The number of nitrogens with zero attached hydrogens (tertiary/aromatic N) is 1. The average molecular weight is 396 g/mol. The number of methoxy groups -OCH3 is 2. The molecule has 2 aromatic carbocycles. The van der Waals surface area contributed by atoms with Gasteiger partial charge in [-0.05, 0) is 42.8 Å². The van der Waals surface area contributed by atoms with Crippen LogP contribution >= 0.6 is 11.3 Å². The molecule has 0 bridgehead atoms. The van der Waals surface area contributed by atoms with E-state index in [-0.39, 0.29) is 5.91 Å². The van der Waals surface area contributed by atoms with Crippen molar-refractivity contribution in [3.05, 3.63) is 65.2 Å². The van der Waals surface area contributed by atoms with Gasteiger partial charge in [0.25, 0.3) is 0 Å². The summed E-state index contributed by atoms with van der Waals surface area (Å²) in [6.45, 7) is 0. The van der Waals surface area contributed by atoms with Crippen molar-refractivity contribution in [1.82, 2.24) is 4.98 Å². The minimum Gasteiger partial charge on any atom is -0.497 e. The molecule has 0 unspecified atom stereocenters. The fourth-order valence-corrected chi connectivity index (χ4v) is 3.43. The minimum atomic E-state index is -0.409. The van der Waals surface area contributed by atoms with Crippen LogP contribution in [0.5, 0.6) is 5.75 Å². The van der Waals surface area contributed by atoms with Gasteiger partial charge in [-0.15, -0.1) is 11.3 Å². The van der Waals surface area contributed by atoms with Gasteiger partial charge in [0.05, 0.1) is 25.5 Å². The molecule has 0 atom stereocenters. The van der Waals surface area contributed by atoms with Crippen molar-refractivity contribution in [3.63, 3.8) is 0 Å². The summed E-state index contributed by atoms with van der Waals surface area (Å²) < 4.78 is 9.90. The third-order valence-corrected chi connectivity index (χ3v) is 5.01. The fraction of sp³-hybridized carbons (Fsp3) is 0.190. The summed E-state index contributed by atoms with van der Waals surface area (Å²) >= 11 is 1.54. The van der Waals surface area contributed by atoms with E-state index < -0.39 is 5.97 Å². The molecule has 3 rings (SSSR count). The summed E-state index contributed by atoms with van der Waals surface area (Å²) in [5.41, 5.74) is 2.94. The zero-order chi connectivity index (χ0) is 19.9. The van der Waals surface area contributed by atoms with E-state index >= 15 is 0 Å². The maximum atomic E-state index is 12.2. The van der Waals surface area contributed by atoms with Crippen LogP contribution in [0.4, 0.5) is 5.69 Å². The van der Waals surface area contributed by atoms with Crippen molar-refractivity contribution in [2.24, 2.45) is 0 Å². The van der Waals surface area contributed by atoms with E-state index in [1.807, 2.05) is 29.6 Å². The topological polar surface area (TPSA) is 77.5 Å². The third kappa shape index (κ3) is 4.95. The summed E-state index contributed by atoms with van der Waals surface area (Å²) in [5, 5.41) is 5.68. The maximum Gasteiger partial charge on any atom is 0.337 e. The molecule has 7 heteroatoms. The van der Waals surface area contributed by atoms with Crippen molar-refractivity contribution in [2.75, 3.05) is 19.5 Å². The van der Waals surface area contributed by atoms with E-state index in [0.717, 1.165) is 22.0 Å². The van der Waals surface area contributed by atoms with Crippen LogP contribution in [0, 0.1) is 0 Å². The van der Waals surface area contributed by atoms with Crippen LogP contribution in [0.2, 0.25) is 0 Å². The Labute approximate surface area is 167 Å². The molecule has 0 aliphatic carbocycles. The molecule has 1 N–H and O–H groups in total. The monoisotopic (exact) mass is 396 g/mol. The predicted molar refractivity (Wildman–Crippen MR) is 109 cm³/mol. The Kier molecular flexibility index (Phi) is 6.39. The Bertz CT molecular complexity index is 967. The molecule has 0 saturated heterocycles. The number of thiazole rings is 1. The molecule has 1 aromatic heterocycles. The smallest absolute Gasteiger partial charge is 0.337 e. The molecule has 144 valence electrons. The Balaban J connectivity index is 1.55. The minimum absolute atomic E-state index is 0.109. The van der Waals surface area contributed by atoms with E-state index in [2.05, 4.69) is 15.0 Å². The zero-order valence-electron chi connectivity index (χ0n) is 15.6. The van der Waals surface area contributed by atoms with Gasteiger partial charge in [-0.1, -0.05) is 12.1 Å². The normalized spacial score (nSPS) is 10.4. The number of rotatable bonds is 7. The second-order valence-electron chi connectivity index (χ2n) is 5.99. The predicted octanol–water partition coefficient (Wildman–Crippen LogP) is 4.18. The fourth-order valence-electron chi connectivity index (χ4n) is 2.58. The Morgan fingerprint density at radius 3 is 2.61 bits per heavy atom. The van der Waals surface area contributed by atoms with Gasteiger partial charge in [0.15, 0.2) is 0 Å². The highest BCUT2D eigenvalue weighted by Gasteiger charge is 2.09. The molecule has 0 saturated carbocycles. The van der Waals surface area contributed by atoms with Crippen molar-refractivity contribution in [3.8, 4) is 16.3 Å². The number of aryl methyl sites for hydroxylation is 1. The number of benzene rings is 2. The summed E-state index contributed by atoms with van der Waals surface area (Å²) in [6.07, 6.45) is 0.868. The lowest BCUT2D eigenvalue weighted by atomic mass is 10.2. The van der Waals surface area contributed by atoms with Gasteiger partial charge in [-0.25, -0.2) is 9.78 Å². The van der Waals surface area contributed by atoms with Crippen LogP contribution in [0.1, 0.15) is 22.5 Å². The lowest BCUT2D eigenvalue weighted by Crippen LogP contribution is -2.12. The van der Waals surface area contributed by atoms with E-state index in [1.165, 1.54) is 7.11 Å². The first-order chi connectivity index (χ1) is 13.6. The summed E-state index contributed by atoms with van der Waals surface area (Å²) in [4.78, 5) is 28.2. The van der Waals surface area contributed by atoms with Gasteiger partial charge in [0, 0.05) is 23.1 Å². The van der Waals surface area contributed by atoms with Gasteiger partial charge in [0.2, 0.25) is 5.91 Å². The number of carbonyl (C=O) groups excluding carboxylic acids is 2. The number of amides is 1. The standard InChI is InChI=1S/C21H20N2O4S/c1-26-18-5-3-4-15(12-18)20-23-17(13-28-20)10-11-19(24)22-16-8-6-14(7-9-16)21(25)27-2/h3-9,12-13H,10-11H2,1-2H3,(H,22,24). The number of carbonyl (C=O) groups is 2. The molecule has 6 nitrogen and oxygen atoms in total. The molecule has 0 aliphatic heterocycles. The van der Waals surface area contributed by atoms with Crippen LogP contribution in [0.25, 0.3) is 10.6 Å². The van der Waals surface area contributed by atoms with E-state index in [9.17, 15) is 9.59 Å². The van der Waals surface area contributed by atoms with Crippen LogP contribution in [0.15, 0.2) is 53.9 Å². The molecule has 28 heavy (non-hydrogen) atoms. The third-order valence-electron chi connectivity index (χ3n) is 4.07. The number of hydrogen-bond donors (Lipinski definition) is 1. The van der Waals surface area contributed by atoms with E-state index in [1.54, 1.807) is 42.7 Å². The average Bonchev–Trinajstić information content (AvgIpc) is 3.21. The first-order valence-corrected chi connectivity index (χ1v) is 9.54. The van der Waals surface area contributed by atoms with Crippen molar-refractivity contribution in [1.29, 1.82) is 0 Å². The summed E-state index contributed by atoms with van der Waals surface area (Å²) in [6, 6.07) is 14.3. The highest BCUT2D eigenvalue weighted by atomic mass is 32.1. The number of anilines is 1. The molecule has 0 fully saturated rings. The van der Waals surface area contributed by atoms with Crippen molar-refractivity contribution < 1.29 is 19.1 Å². The second-order valence-corrected chi connectivity index (χ2v) is 6.85. The highest BCUT2D eigenvalue weighted by Crippen LogP contribution is 2.27. The van der Waals surface area contributed by atoms with Gasteiger partial charge >= 0.3 is 5.97 Å². The van der Waals surface area contributed by atoms with Crippen LogP contribution in [-0.4, -0.2) is 31.1 Å². The van der Waals surface area contributed by atoms with Gasteiger partial charge in [-0.3, -0.25) is 4.79 Å². The highest BCUT2D eigenvalue weighted by molar-refractivity contribution is 7.13. The lowest BCUT2D eigenvalue weighted by Gasteiger charge is -2.05. The Hall–Kier alpha value is -3.19. The SMILES string of the molecule is COC(=O)c1ccc(NC(=O)CCc2csc(-c3cccc(OC)c3)n2)cc1. The van der Waals surface area contributed by atoms with Crippen molar-refractivity contribution >= 4 is 28.9 Å². The Morgan fingerprint density at radius 2 is 1.89 bits per heavy atom. The van der Waals surface area contributed by atoms with Gasteiger partial charge < -0.3 is 14.8 Å². The number of nitrogens with one attached hydrogen (secondary N) is 1.